The van der Waals surface area contributed by atoms with Gasteiger partial charge in [0.15, 0.2) is 5.65 Å². The number of fused-ring (bicyclic) bond motifs is 1. The van der Waals surface area contributed by atoms with Gasteiger partial charge in [-0.25, -0.2) is 9.37 Å². The molecule has 0 spiro atoms. The Labute approximate surface area is 159 Å². The Kier molecular flexibility index (Phi) is 4.33. The molecule has 2 aromatic heterocycles. The Morgan fingerprint density at radius 2 is 1.96 bits per heavy atom. The number of amides is 1. The summed E-state index contributed by atoms with van der Waals surface area (Å²) in [7, 11) is 1.72. The molecule has 0 fully saturated rings. The van der Waals surface area contributed by atoms with Crippen LogP contribution < -0.4 is 5.32 Å². The molecule has 5 nitrogen and oxygen atoms in total. The van der Waals surface area contributed by atoms with Crippen LogP contribution in [0.25, 0.3) is 22.3 Å². The normalized spacial score (nSPS) is 10.9. The van der Waals surface area contributed by atoms with Gasteiger partial charge in [-0.15, -0.1) is 0 Å². The van der Waals surface area contributed by atoms with Crippen LogP contribution in [0.5, 0.6) is 0 Å². The highest BCUT2D eigenvalue weighted by Gasteiger charge is 2.18. The van der Waals surface area contributed by atoms with E-state index in [1.54, 1.807) is 66.5 Å². The zero-order valence-corrected chi connectivity index (χ0v) is 15.0. The summed E-state index contributed by atoms with van der Waals surface area (Å²) in [6.07, 6.45) is 1.57. The lowest BCUT2D eigenvalue weighted by Gasteiger charge is -2.10. The quantitative estimate of drug-likeness (QED) is 0.561. The summed E-state index contributed by atoms with van der Waals surface area (Å²) >= 11 is 5.98. The SMILES string of the molecule is Cn1ncc2c(C(=O)Nc3cccc(Cl)c3)cc(-c3ccccc3F)nc21. The van der Waals surface area contributed by atoms with Gasteiger partial charge in [-0.3, -0.25) is 9.48 Å². The summed E-state index contributed by atoms with van der Waals surface area (Å²) in [4.78, 5) is 17.4. The Balaban J connectivity index is 1.84. The molecule has 0 unspecified atom stereocenters. The number of aromatic nitrogens is 3. The Morgan fingerprint density at radius 1 is 1.15 bits per heavy atom. The fraction of sp³-hybridized carbons (Fsp3) is 0.0500. The maximum Gasteiger partial charge on any atom is 0.256 e. The number of carbonyl (C=O) groups excluding carboxylic acids is 1. The number of nitrogens with one attached hydrogen (secondary N) is 1. The van der Waals surface area contributed by atoms with Crippen LogP contribution in [0, 0.1) is 5.82 Å². The van der Waals surface area contributed by atoms with Gasteiger partial charge in [0.2, 0.25) is 0 Å². The van der Waals surface area contributed by atoms with Gasteiger partial charge in [-0.05, 0) is 36.4 Å². The Hall–Kier alpha value is -3.25. The largest absolute Gasteiger partial charge is 0.322 e. The van der Waals surface area contributed by atoms with Crippen LogP contribution in [-0.4, -0.2) is 20.7 Å². The highest BCUT2D eigenvalue weighted by molar-refractivity contribution is 6.31. The van der Waals surface area contributed by atoms with E-state index in [1.807, 2.05) is 0 Å². The smallest absolute Gasteiger partial charge is 0.256 e. The molecule has 4 rings (SSSR count). The van der Waals surface area contributed by atoms with Crippen molar-refractivity contribution < 1.29 is 9.18 Å². The highest BCUT2D eigenvalue weighted by atomic mass is 35.5. The first kappa shape index (κ1) is 17.2. The molecule has 27 heavy (non-hydrogen) atoms. The fourth-order valence-electron chi connectivity index (χ4n) is 2.87. The maximum absolute atomic E-state index is 14.2. The monoisotopic (exact) mass is 380 g/mol. The van der Waals surface area contributed by atoms with Crippen LogP contribution in [-0.2, 0) is 7.05 Å². The molecule has 0 bridgehead atoms. The van der Waals surface area contributed by atoms with Crippen molar-refractivity contribution in [3.8, 4) is 11.3 Å². The molecule has 4 aromatic rings. The molecule has 0 aliphatic rings. The van der Waals surface area contributed by atoms with E-state index in [-0.39, 0.29) is 5.91 Å². The van der Waals surface area contributed by atoms with Crippen molar-refractivity contribution in [3.05, 3.63) is 77.2 Å². The summed E-state index contributed by atoms with van der Waals surface area (Å²) in [5, 5.41) is 8.08. The number of hydrogen-bond donors (Lipinski definition) is 1. The summed E-state index contributed by atoms with van der Waals surface area (Å²) < 4.78 is 15.8. The van der Waals surface area contributed by atoms with E-state index in [2.05, 4.69) is 15.4 Å². The predicted molar refractivity (Wildman–Crippen MR) is 103 cm³/mol. The predicted octanol–water partition coefficient (Wildman–Crippen LogP) is 4.68. The lowest BCUT2D eigenvalue weighted by Crippen LogP contribution is -2.13. The molecule has 0 saturated heterocycles. The molecule has 0 radical (unpaired) electrons. The molecule has 2 aromatic carbocycles. The molecule has 2 heterocycles. The summed E-state index contributed by atoms with van der Waals surface area (Å²) in [5.74, 6) is -0.761. The first-order valence-electron chi connectivity index (χ1n) is 8.17. The molecule has 0 atom stereocenters. The number of carbonyl (C=O) groups is 1. The van der Waals surface area contributed by atoms with E-state index < -0.39 is 5.82 Å². The third-order valence-electron chi connectivity index (χ3n) is 4.18. The standard InChI is InChI=1S/C20H14ClFN4O/c1-26-19-16(11-23-26)15(20(27)24-13-6-4-5-12(21)9-13)10-18(25-19)14-7-2-3-8-17(14)22/h2-11H,1H3,(H,24,27). The molecule has 7 heteroatoms. The molecular weight excluding hydrogens is 367 g/mol. The van der Waals surface area contributed by atoms with Crippen LogP contribution >= 0.6 is 11.6 Å². The number of hydrogen-bond acceptors (Lipinski definition) is 3. The van der Waals surface area contributed by atoms with E-state index in [0.717, 1.165) is 0 Å². The van der Waals surface area contributed by atoms with Crippen LogP contribution in [0.3, 0.4) is 0 Å². The zero-order valence-electron chi connectivity index (χ0n) is 14.3. The van der Waals surface area contributed by atoms with Gasteiger partial charge in [0, 0.05) is 23.3 Å². The third-order valence-corrected chi connectivity index (χ3v) is 4.42. The highest BCUT2D eigenvalue weighted by Crippen LogP contribution is 2.27. The molecule has 1 amide bonds. The van der Waals surface area contributed by atoms with Crippen LogP contribution in [0.15, 0.2) is 60.8 Å². The number of anilines is 1. The van der Waals surface area contributed by atoms with Crippen molar-refractivity contribution >= 4 is 34.2 Å². The summed E-state index contributed by atoms with van der Waals surface area (Å²) in [6.45, 7) is 0. The van der Waals surface area contributed by atoms with Gasteiger partial charge >= 0.3 is 0 Å². The van der Waals surface area contributed by atoms with Crippen molar-refractivity contribution in [3.63, 3.8) is 0 Å². The number of rotatable bonds is 3. The van der Waals surface area contributed by atoms with Crippen LogP contribution in [0.1, 0.15) is 10.4 Å². The zero-order chi connectivity index (χ0) is 19.0. The second kappa shape index (κ2) is 6.81. The van der Waals surface area contributed by atoms with Gasteiger partial charge in [-0.1, -0.05) is 29.8 Å². The average Bonchev–Trinajstić information content (AvgIpc) is 3.02. The van der Waals surface area contributed by atoms with Gasteiger partial charge in [0.05, 0.1) is 22.8 Å². The molecule has 0 aliphatic heterocycles. The molecule has 134 valence electrons. The van der Waals surface area contributed by atoms with Gasteiger partial charge in [0.1, 0.15) is 5.82 Å². The summed E-state index contributed by atoms with van der Waals surface area (Å²) in [6, 6.07) is 14.7. The lowest BCUT2D eigenvalue weighted by molar-refractivity contribution is 0.102. The minimum atomic E-state index is -0.410. The average molecular weight is 381 g/mol. The van der Waals surface area contributed by atoms with Crippen molar-refractivity contribution in [2.24, 2.45) is 7.05 Å². The van der Waals surface area contributed by atoms with E-state index >= 15 is 0 Å². The van der Waals surface area contributed by atoms with Crippen molar-refractivity contribution in [2.45, 2.75) is 0 Å². The molecular formula is C20H14ClFN4O. The topological polar surface area (TPSA) is 59.8 Å². The van der Waals surface area contributed by atoms with Crippen molar-refractivity contribution in [1.29, 1.82) is 0 Å². The number of halogens is 2. The van der Waals surface area contributed by atoms with Gasteiger partial charge < -0.3 is 5.32 Å². The van der Waals surface area contributed by atoms with Gasteiger partial charge in [-0.2, -0.15) is 5.10 Å². The first-order chi connectivity index (χ1) is 13.0. The lowest BCUT2D eigenvalue weighted by atomic mass is 10.1. The fourth-order valence-corrected chi connectivity index (χ4v) is 3.06. The first-order valence-corrected chi connectivity index (χ1v) is 8.55. The van der Waals surface area contributed by atoms with E-state index in [4.69, 9.17) is 11.6 Å². The van der Waals surface area contributed by atoms with Crippen molar-refractivity contribution in [2.75, 3.05) is 5.32 Å². The Bertz CT molecular complexity index is 1170. The minimum absolute atomic E-state index is 0.317. The second-order valence-electron chi connectivity index (χ2n) is 6.00. The maximum atomic E-state index is 14.2. The van der Waals surface area contributed by atoms with Crippen LogP contribution in [0.4, 0.5) is 10.1 Å². The van der Waals surface area contributed by atoms with E-state index in [9.17, 15) is 9.18 Å². The van der Waals surface area contributed by atoms with Crippen LogP contribution in [0.2, 0.25) is 5.02 Å². The number of aryl methyl sites for hydroxylation is 1. The van der Waals surface area contributed by atoms with E-state index in [1.165, 1.54) is 6.07 Å². The molecule has 0 aliphatic carbocycles. The van der Waals surface area contributed by atoms with E-state index in [0.29, 0.717) is 38.6 Å². The number of nitrogens with zero attached hydrogens (tertiary/aromatic N) is 3. The molecule has 0 saturated carbocycles. The minimum Gasteiger partial charge on any atom is -0.322 e. The molecule has 1 N–H and O–H groups in total. The number of benzene rings is 2. The van der Waals surface area contributed by atoms with Gasteiger partial charge in [0.25, 0.3) is 5.91 Å². The summed E-state index contributed by atoms with van der Waals surface area (Å²) in [5.41, 5.74) is 2.09. The van der Waals surface area contributed by atoms with Crippen molar-refractivity contribution in [1.82, 2.24) is 14.8 Å². The third kappa shape index (κ3) is 3.27. The second-order valence-corrected chi connectivity index (χ2v) is 6.44. The number of pyridine rings is 1. The Morgan fingerprint density at radius 3 is 2.74 bits per heavy atom.